The number of hydrogen-bond donors (Lipinski definition) is 0. The summed E-state index contributed by atoms with van der Waals surface area (Å²) >= 11 is 1.46. The highest BCUT2D eigenvalue weighted by atomic mass is 32.2. The summed E-state index contributed by atoms with van der Waals surface area (Å²) in [6.45, 7) is 1.58. The maximum absolute atomic E-state index is 10.9. The Morgan fingerprint density at radius 1 is 1.37 bits per heavy atom. The lowest BCUT2D eigenvalue weighted by Gasteiger charge is -2.01. The lowest BCUT2D eigenvalue weighted by atomic mass is 10.1. The van der Waals surface area contributed by atoms with Crippen molar-refractivity contribution in [3.63, 3.8) is 0 Å². The smallest absolute Gasteiger partial charge is 0.140 e. The van der Waals surface area contributed by atoms with Crippen molar-refractivity contribution in [2.75, 3.05) is 5.75 Å². The van der Waals surface area contributed by atoms with Gasteiger partial charge in [0.15, 0.2) is 0 Å². The summed E-state index contributed by atoms with van der Waals surface area (Å²) in [6, 6.07) is 7.90. The van der Waals surface area contributed by atoms with Crippen LogP contribution in [0, 0.1) is 0 Å². The van der Waals surface area contributed by atoms with E-state index in [1.165, 1.54) is 11.8 Å². The van der Waals surface area contributed by atoms with E-state index in [0.717, 1.165) is 27.3 Å². The van der Waals surface area contributed by atoms with Crippen molar-refractivity contribution in [2.24, 2.45) is 10.2 Å². The van der Waals surface area contributed by atoms with Gasteiger partial charge in [-0.2, -0.15) is 5.10 Å². The van der Waals surface area contributed by atoms with Crippen LogP contribution in [0.1, 0.15) is 18.9 Å². The molecule has 0 N–H and O–H groups in total. The molecule has 19 heavy (non-hydrogen) atoms. The molecule has 1 aliphatic heterocycles. The van der Waals surface area contributed by atoms with E-state index in [4.69, 9.17) is 4.42 Å². The van der Waals surface area contributed by atoms with E-state index in [2.05, 4.69) is 10.2 Å². The number of benzene rings is 1. The van der Waals surface area contributed by atoms with Gasteiger partial charge < -0.3 is 4.42 Å². The van der Waals surface area contributed by atoms with Crippen molar-refractivity contribution in [3.05, 3.63) is 36.1 Å². The predicted molar refractivity (Wildman–Crippen MR) is 77.9 cm³/mol. The summed E-state index contributed by atoms with van der Waals surface area (Å²) in [4.78, 5) is 10.9. The van der Waals surface area contributed by atoms with Gasteiger partial charge in [0.25, 0.3) is 0 Å². The molecular weight excluding hydrogens is 260 g/mol. The molecule has 3 rings (SSSR count). The molecule has 0 bridgehead atoms. The maximum Gasteiger partial charge on any atom is 0.140 e. The van der Waals surface area contributed by atoms with Crippen molar-refractivity contribution >= 4 is 39.3 Å². The zero-order chi connectivity index (χ0) is 13.2. The first-order chi connectivity index (χ1) is 9.22. The van der Waals surface area contributed by atoms with Gasteiger partial charge >= 0.3 is 0 Å². The van der Waals surface area contributed by atoms with Crippen LogP contribution in [-0.2, 0) is 4.79 Å². The fourth-order valence-corrected chi connectivity index (χ4v) is 2.61. The van der Waals surface area contributed by atoms with Gasteiger partial charge in [-0.25, -0.2) is 0 Å². The molecule has 2 aromatic rings. The van der Waals surface area contributed by atoms with Crippen molar-refractivity contribution in [3.8, 4) is 0 Å². The molecule has 5 heteroatoms. The van der Waals surface area contributed by atoms with Crippen molar-refractivity contribution in [1.29, 1.82) is 0 Å². The third-order valence-corrected chi connectivity index (χ3v) is 3.94. The first kappa shape index (κ1) is 12.2. The normalized spacial score (nSPS) is 14.6. The summed E-state index contributed by atoms with van der Waals surface area (Å²) in [5.41, 5.74) is 2.86. The predicted octanol–water partition coefficient (Wildman–Crippen LogP) is 3.26. The number of furan rings is 1. The van der Waals surface area contributed by atoms with Crippen LogP contribution in [0.4, 0.5) is 0 Å². The minimum atomic E-state index is 0.154. The number of fused-ring (bicyclic) bond motifs is 1. The highest BCUT2D eigenvalue weighted by Crippen LogP contribution is 2.22. The second-order valence-corrected chi connectivity index (χ2v) is 5.43. The summed E-state index contributed by atoms with van der Waals surface area (Å²) < 4.78 is 5.31. The van der Waals surface area contributed by atoms with Gasteiger partial charge in [0, 0.05) is 11.8 Å². The van der Waals surface area contributed by atoms with Crippen molar-refractivity contribution in [2.45, 2.75) is 13.3 Å². The molecule has 0 amide bonds. The van der Waals surface area contributed by atoms with Gasteiger partial charge in [0.05, 0.1) is 17.7 Å². The summed E-state index contributed by atoms with van der Waals surface area (Å²) in [5, 5.41) is 10.3. The standard InChI is InChI=1S/C14H12N2O2S/c1-9(17)8-19-14-7-12(15-16-14)10-2-3-13-11(6-10)4-5-18-13/h2-6H,7-8H2,1H3. The summed E-state index contributed by atoms with van der Waals surface area (Å²) in [5.74, 6) is 0.614. The topological polar surface area (TPSA) is 54.9 Å². The number of thioether (sulfide) groups is 1. The molecule has 96 valence electrons. The molecule has 0 atom stereocenters. The number of Topliss-reactive ketones (excluding diaryl/α,β-unsaturated/α-hetero) is 1. The first-order valence-corrected chi connectivity index (χ1v) is 6.94. The third-order valence-electron chi connectivity index (χ3n) is 2.83. The SMILES string of the molecule is CC(=O)CSC1=NN=C(c2ccc3occc3c2)C1. The molecule has 0 spiro atoms. The minimum Gasteiger partial charge on any atom is -0.464 e. The quantitative estimate of drug-likeness (QED) is 0.861. The molecule has 2 heterocycles. The molecular formula is C14H12N2O2S. The van der Waals surface area contributed by atoms with E-state index in [1.54, 1.807) is 13.2 Å². The third kappa shape index (κ3) is 2.61. The van der Waals surface area contributed by atoms with Crippen LogP contribution < -0.4 is 0 Å². The lowest BCUT2D eigenvalue weighted by Crippen LogP contribution is -2.03. The number of hydrogen-bond acceptors (Lipinski definition) is 5. The van der Waals surface area contributed by atoms with E-state index in [0.29, 0.717) is 12.2 Å². The number of carbonyl (C=O) groups is 1. The number of ketones is 1. The second kappa shape index (κ2) is 5.01. The van der Waals surface area contributed by atoms with Gasteiger partial charge in [0.1, 0.15) is 16.4 Å². The molecule has 0 fully saturated rings. The van der Waals surface area contributed by atoms with E-state index in [9.17, 15) is 4.79 Å². The number of carbonyl (C=O) groups excluding carboxylic acids is 1. The number of nitrogens with zero attached hydrogens (tertiary/aromatic N) is 2. The molecule has 4 nitrogen and oxygen atoms in total. The van der Waals surface area contributed by atoms with Gasteiger partial charge in [0.2, 0.25) is 0 Å². The summed E-state index contributed by atoms with van der Waals surface area (Å²) in [6.07, 6.45) is 2.37. The largest absolute Gasteiger partial charge is 0.464 e. The van der Waals surface area contributed by atoms with Gasteiger partial charge in [-0.1, -0.05) is 0 Å². The lowest BCUT2D eigenvalue weighted by molar-refractivity contribution is -0.114. The molecule has 0 unspecified atom stereocenters. The van der Waals surface area contributed by atoms with Crippen LogP contribution >= 0.6 is 11.8 Å². The van der Waals surface area contributed by atoms with E-state index in [1.807, 2.05) is 24.3 Å². The molecule has 0 saturated carbocycles. The first-order valence-electron chi connectivity index (χ1n) is 5.95. The molecule has 1 aromatic carbocycles. The minimum absolute atomic E-state index is 0.154. The molecule has 1 aromatic heterocycles. The monoisotopic (exact) mass is 272 g/mol. The van der Waals surface area contributed by atoms with Crippen LogP contribution in [0.25, 0.3) is 11.0 Å². The van der Waals surface area contributed by atoms with Crippen molar-refractivity contribution < 1.29 is 9.21 Å². The Morgan fingerprint density at radius 3 is 3.11 bits per heavy atom. The second-order valence-electron chi connectivity index (χ2n) is 4.38. The molecule has 0 aliphatic carbocycles. The fraction of sp³-hybridized carbons (Fsp3) is 0.214. The van der Waals surface area contributed by atoms with Crippen LogP contribution in [0.2, 0.25) is 0 Å². The average molecular weight is 272 g/mol. The average Bonchev–Trinajstić information content (AvgIpc) is 3.04. The van der Waals surface area contributed by atoms with Crippen LogP contribution in [0.15, 0.2) is 45.1 Å². The molecule has 0 saturated heterocycles. The zero-order valence-corrected chi connectivity index (χ0v) is 11.2. The van der Waals surface area contributed by atoms with Gasteiger partial charge in [-0.05, 0) is 36.8 Å². The summed E-state index contributed by atoms with van der Waals surface area (Å²) in [7, 11) is 0. The van der Waals surface area contributed by atoms with Gasteiger partial charge in [-0.3, -0.25) is 4.79 Å². The molecule has 0 radical (unpaired) electrons. The van der Waals surface area contributed by atoms with E-state index < -0.39 is 0 Å². The van der Waals surface area contributed by atoms with Crippen LogP contribution in [0.3, 0.4) is 0 Å². The van der Waals surface area contributed by atoms with Gasteiger partial charge in [-0.15, -0.1) is 16.9 Å². The van der Waals surface area contributed by atoms with E-state index >= 15 is 0 Å². The van der Waals surface area contributed by atoms with E-state index in [-0.39, 0.29) is 5.78 Å². The Balaban J connectivity index is 1.73. The van der Waals surface area contributed by atoms with Crippen LogP contribution in [-0.4, -0.2) is 22.3 Å². The van der Waals surface area contributed by atoms with Crippen molar-refractivity contribution in [1.82, 2.24) is 0 Å². The zero-order valence-electron chi connectivity index (χ0n) is 10.4. The highest BCUT2D eigenvalue weighted by Gasteiger charge is 2.16. The Hall–Kier alpha value is -1.88. The Morgan fingerprint density at radius 2 is 2.26 bits per heavy atom. The number of rotatable bonds is 3. The molecule has 1 aliphatic rings. The highest BCUT2D eigenvalue weighted by molar-refractivity contribution is 8.14. The Labute approximate surface area is 114 Å². The maximum atomic E-state index is 10.9. The fourth-order valence-electron chi connectivity index (χ4n) is 1.90. The van der Waals surface area contributed by atoms with Crippen LogP contribution in [0.5, 0.6) is 0 Å². The Bertz CT molecular complexity index is 700. The Kier molecular flexibility index (Phi) is 3.21.